The molecule has 0 bridgehead atoms. The molecule has 1 aromatic carbocycles. The van der Waals surface area contributed by atoms with Gasteiger partial charge in [0.15, 0.2) is 0 Å². The van der Waals surface area contributed by atoms with Crippen LogP contribution in [0.3, 0.4) is 0 Å². The van der Waals surface area contributed by atoms with Crippen LogP contribution in [0.25, 0.3) is 0 Å². The third kappa shape index (κ3) is 5.35. The van der Waals surface area contributed by atoms with Crippen LogP contribution >= 0.6 is 11.8 Å². The van der Waals surface area contributed by atoms with Gasteiger partial charge in [0.05, 0.1) is 6.04 Å². The highest BCUT2D eigenvalue weighted by Crippen LogP contribution is 2.36. The number of hydrogen-bond donors (Lipinski definition) is 2. The Balaban J connectivity index is 1.39. The van der Waals surface area contributed by atoms with Gasteiger partial charge in [0.25, 0.3) is 0 Å². The first-order chi connectivity index (χ1) is 12.1. The van der Waals surface area contributed by atoms with Crippen LogP contribution in [0, 0.1) is 11.7 Å². The average molecular weight is 366 g/mol. The molecule has 6 heteroatoms. The summed E-state index contributed by atoms with van der Waals surface area (Å²) in [7, 11) is 0. The highest BCUT2D eigenvalue weighted by Gasteiger charge is 2.22. The van der Waals surface area contributed by atoms with Crippen molar-refractivity contribution in [3.8, 4) is 0 Å². The monoisotopic (exact) mass is 365 g/mol. The molecular weight excluding hydrogens is 337 g/mol. The highest BCUT2D eigenvalue weighted by molar-refractivity contribution is 7.99. The fourth-order valence-corrected chi connectivity index (χ4v) is 4.62. The van der Waals surface area contributed by atoms with E-state index < -0.39 is 0 Å². The van der Waals surface area contributed by atoms with Gasteiger partial charge in [0, 0.05) is 17.2 Å². The molecule has 2 aliphatic heterocycles. The molecule has 4 nitrogen and oxygen atoms in total. The number of carbonyl (C=O) groups excluding carboxylic acids is 1. The molecule has 25 heavy (non-hydrogen) atoms. The fourth-order valence-electron chi connectivity index (χ4n) is 3.51. The number of rotatable bonds is 5. The largest absolute Gasteiger partial charge is 0.338 e. The normalized spacial score (nSPS) is 21.6. The minimum absolute atomic E-state index is 0.101. The van der Waals surface area contributed by atoms with E-state index in [1.807, 2.05) is 0 Å². The van der Waals surface area contributed by atoms with Gasteiger partial charge in [-0.3, -0.25) is 0 Å². The number of halogens is 1. The second-order valence-corrected chi connectivity index (χ2v) is 8.29. The van der Waals surface area contributed by atoms with E-state index in [4.69, 9.17) is 0 Å². The molecule has 1 fully saturated rings. The van der Waals surface area contributed by atoms with E-state index in [1.165, 1.54) is 32.0 Å². The van der Waals surface area contributed by atoms with E-state index in [0.717, 1.165) is 41.5 Å². The number of thioether (sulfide) groups is 1. The zero-order valence-corrected chi connectivity index (χ0v) is 15.7. The van der Waals surface area contributed by atoms with Crippen LogP contribution < -0.4 is 10.6 Å². The predicted molar refractivity (Wildman–Crippen MR) is 100 cm³/mol. The van der Waals surface area contributed by atoms with E-state index in [-0.39, 0.29) is 17.9 Å². The molecular formula is C19H28FN3OS. The molecule has 0 radical (unpaired) electrons. The summed E-state index contributed by atoms with van der Waals surface area (Å²) in [6.07, 6.45) is 4.36. The van der Waals surface area contributed by atoms with Crippen molar-refractivity contribution < 1.29 is 9.18 Å². The number of nitrogens with zero attached hydrogens (tertiary/aromatic N) is 1. The average Bonchev–Trinajstić information content (AvgIpc) is 2.61. The lowest BCUT2D eigenvalue weighted by atomic mass is 9.99. The second kappa shape index (κ2) is 8.90. The molecule has 2 heterocycles. The van der Waals surface area contributed by atoms with Crippen molar-refractivity contribution in [1.29, 1.82) is 0 Å². The van der Waals surface area contributed by atoms with Gasteiger partial charge >= 0.3 is 6.03 Å². The molecule has 0 unspecified atom stereocenters. The van der Waals surface area contributed by atoms with E-state index in [9.17, 15) is 9.18 Å². The van der Waals surface area contributed by atoms with Crippen LogP contribution in [0.5, 0.6) is 0 Å². The maximum Gasteiger partial charge on any atom is 0.315 e. The molecule has 138 valence electrons. The number of urea groups is 1. The van der Waals surface area contributed by atoms with Crippen LogP contribution in [-0.4, -0.2) is 42.9 Å². The number of carbonyl (C=O) groups is 1. The molecule has 0 aliphatic carbocycles. The summed E-state index contributed by atoms with van der Waals surface area (Å²) in [6.45, 7) is 6.39. The molecule has 1 aromatic rings. The molecule has 2 amide bonds. The Kier molecular flexibility index (Phi) is 6.59. The third-order valence-electron chi connectivity index (χ3n) is 5.13. The summed E-state index contributed by atoms with van der Waals surface area (Å²) in [6, 6.07) is 4.58. The number of fused-ring (bicyclic) bond motifs is 1. The summed E-state index contributed by atoms with van der Waals surface area (Å²) in [4.78, 5) is 15.7. The van der Waals surface area contributed by atoms with E-state index in [1.54, 1.807) is 23.9 Å². The molecule has 0 aromatic heterocycles. The van der Waals surface area contributed by atoms with Crippen molar-refractivity contribution >= 4 is 17.8 Å². The number of amides is 2. The van der Waals surface area contributed by atoms with Crippen LogP contribution in [0.15, 0.2) is 23.1 Å². The van der Waals surface area contributed by atoms with Crippen LogP contribution in [0.2, 0.25) is 0 Å². The standard InChI is InChI=1S/C19H28FN3OS/c1-14-5-10-23(11-6-14)9-2-8-21-19(24)22-17-7-12-25-18-4-3-15(20)13-16(17)18/h3-4,13-14,17H,2,5-12H2,1H3,(H2,21,22,24)/t17-/m0/s1. The lowest BCUT2D eigenvalue weighted by Crippen LogP contribution is -2.40. The minimum Gasteiger partial charge on any atom is -0.338 e. The Bertz CT molecular complexity index is 590. The summed E-state index contributed by atoms with van der Waals surface area (Å²) in [5, 5.41) is 5.95. The number of hydrogen-bond acceptors (Lipinski definition) is 3. The van der Waals surface area contributed by atoms with Crippen molar-refractivity contribution in [2.24, 2.45) is 5.92 Å². The van der Waals surface area contributed by atoms with E-state index >= 15 is 0 Å². The molecule has 2 aliphatic rings. The number of nitrogens with one attached hydrogen (secondary N) is 2. The van der Waals surface area contributed by atoms with Crippen LogP contribution in [0.1, 0.15) is 44.2 Å². The highest BCUT2D eigenvalue weighted by atomic mass is 32.2. The molecule has 1 saturated heterocycles. The maximum absolute atomic E-state index is 13.5. The van der Waals surface area contributed by atoms with Crippen LogP contribution in [-0.2, 0) is 0 Å². The number of piperidine rings is 1. The number of likely N-dealkylation sites (tertiary alicyclic amines) is 1. The first kappa shape index (κ1) is 18.5. The quantitative estimate of drug-likeness (QED) is 0.781. The topological polar surface area (TPSA) is 44.4 Å². The van der Waals surface area contributed by atoms with Gasteiger partial charge in [-0.1, -0.05) is 6.92 Å². The summed E-state index contributed by atoms with van der Waals surface area (Å²) in [5.41, 5.74) is 0.897. The Hall–Kier alpha value is -1.27. The smallest absolute Gasteiger partial charge is 0.315 e. The van der Waals surface area contributed by atoms with Crippen molar-refractivity contribution in [1.82, 2.24) is 15.5 Å². The maximum atomic E-state index is 13.5. The number of benzene rings is 1. The molecule has 0 saturated carbocycles. The Morgan fingerprint density at radius 2 is 2.12 bits per heavy atom. The zero-order chi connectivity index (χ0) is 17.6. The van der Waals surface area contributed by atoms with E-state index in [2.05, 4.69) is 22.5 Å². The Morgan fingerprint density at radius 3 is 2.92 bits per heavy atom. The van der Waals surface area contributed by atoms with Crippen molar-refractivity contribution in [2.45, 2.75) is 43.5 Å². The van der Waals surface area contributed by atoms with Gasteiger partial charge in [-0.05, 0) is 75.0 Å². The zero-order valence-electron chi connectivity index (χ0n) is 14.9. The first-order valence-corrected chi connectivity index (χ1v) is 10.3. The molecule has 0 spiro atoms. The van der Waals surface area contributed by atoms with Gasteiger partial charge in [0.2, 0.25) is 0 Å². The lowest BCUT2D eigenvalue weighted by molar-refractivity contribution is 0.190. The Morgan fingerprint density at radius 1 is 1.32 bits per heavy atom. The second-order valence-electron chi connectivity index (χ2n) is 7.15. The lowest BCUT2D eigenvalue weighted by Gasteiger charge is -2.30. The molecule has 2 N–H and O–H groups in total. The first-order valence-electron chi connectivity index (χ1n) is 9.31. The summed E-state index contributed by atoms with van der Waals surface area (Å²) in [5.74, 6) is 1.54. The van der Waals surface area contributed by atoms with Crippen molar-refractivity contribution in [3.05, 3.63) is 29.6 Å². The van der Waals surface area contributed by atoms with E-state index in [0.29, 0.717) is 6.54 Å². The summed E-state index contributed by atoms with van der Waals surface area (Å²) < 4.78 is 13.5. The van der Waals surface area contributed by atoms with Gasteiger partial charge in [0.1, 0.15) is 5.82 Å². The summed E-state index contributed by atoms with van der Waals surface area (Å²) >= 11 is 1.72. The third-order valence-corrected chi connectivity index (χ3v) is 6.25. The van der Waals surface area contributed by atoms with Gasteiger partial charge in [-0.2, -0.15) is 0 Å². The fraction of sp³-hybridized carbons (Fsp3) is 0.632. The Labute approximate surface area is 153 Å². The van der Waals surface area contributed by atoms with Crippen molar-refractivity contribution in [3.63, 3.8) is 0 Å². The van der Waals surface area contributed by atoms with Gasteiger partial charge < -0.3 is 15.5 Å². The molecule has 1 atom stereocenters. The minimum atomic E-state index is -0.246. The van der Waals surface area contributed by atoms with Gasteiger partial charge in [-0.25, -0.2) is 9.18 Å². The van der Waals surface area contributed by atoms with Crippen LogP contribution in [0.4, 0.5) is 9.18 Å². The van der Waals surface area contributed by atoms with Crippen molar-refractivity contribution in [2.75, 3.05) is 31.9 Å². The van der Waals surface area contributed by atoms with Gasteiger partial charge in [-0.15, -0.1) is 11.8 Å². The SMILES string of the molecule is CC1CCN(CCCNC(=O)N[C@H]2CCSc3ccc(F)cc32)CC1. The predicted octanol–water partition coefficient (Wildman–Crippen LogP) is 3.78. The molecule has 3 rings (SSSR count).